The molecule has 0 aromatic rings. The van der Waals surface area contributed by atoms with Crippen molar-refractivity contribution in [1.82, 2.24) is 4.90 Å². The predicted octanol–water partition coefficient (Wildman–Crippen LogP) is 1.60. The van der Waals surface area contributed by atoms with Gasteiger partial charge in [0, 0.05) is 12.1 Å². The molecule has 0 aromatic carbocycles. The van der Waals surface area contributed by atoms with Crippen LogP contribution in [-0.4, -0.2) is 48.0 Å². The molecule has 0 bridgehead atoms. The highest BCUT2D eigenvalue weighted by molar-refractivity contribution is 4.84. The molecule has 0 aliphatic carbocycles. The maximum Gasteiger partial charge on any atom is 0.401 e. The molecule has 0 saturated carbocycles. The highest BCUT2D eigenvalue weighted by atomic mass is 19.4. The molecule has 3 N–H and O–H groups in total. The molecule has 0 radical (unpaired) electrons. The van der Waals surface area contributed by atoms with Crippen molar-refractivity contribution in [1.29, 1.82) is 0 Å². The van der Waals surface area contributed by atoms with E-state index in [2.05, 4.69) is 0 Å². The summed E-state index contributed by atoms with van der Waals surface area (Å²) in [4.78, 5) is 1.23. The summed E-state index contributed by atoms with van der Waals surface area (Å²) in [5.74, 6) is 0.0275. The number of aliphatic hydroxyl groups is 1. The Kier molecular flexibility index (Phi) is 7.04. The van der Waals surface area contributed by atoms with E-state index in [1.165, 1.54) is 4.90 Å². The molecule has 0 aromatic heterocycles. The highest BCUT2D eigenvalue weighted by Gasteiger charge is 2.35. The molecule has 0 aliphatic heterocycles. The second kappa shape index (κ2) is 7.18. The van der Waals surface area contributed by atoms with E-state index >= 15 is 0 Å². The fraction of sp³-hybridized carbons (Fsp3) is 1.00. The van der Waals surface area contributed by atoms with Gasteiger partial charge in [-0.3, -0.25) is 4.90 Å². The summed E-state index contributed by atoms with van der Waals surface area (Å²) in [5, 5.41) is 9.25. The van der Waals surface area contributed by atoms with Gasteiger partial charge in [0.1, 0.15) is 0 Å². The third kappa shape index (κ3) is 6.24. The molecular formula is C11H23F3N2O. The van der Waals surface area contributed by atoms with Crippen LogP contribution in [0.1, 0.15) is 27.2 Å². The molecule has 0 aliphatic rings. The highest BCUT2D eigenvalue weighted by Crippen LogP contribution is 2.20. The van der Waals surface area contributed by atoms with E-state index < -0.39 is 24.8 Å². The third-order valence-corrected chi connectivity index (χ3v) is 2.76. The SMILES string of the molecule is CCCN(CC(F)(F)F)C(CO)C(N)C(C)C. The number of nitrogens with two attached hydrogens (primary N) is 1. The van der Waals surface area contributed by atoms with Crippen molar-refractivity contribution in [2.75, 3.05) is 19.7 Å². The smallest absolute Gasteiger partial charge is 0.395 e. The summed E-state index contributed by atoms with van der Waals surface area (Å²) in [7, 11) is 0. The zero-order valence-electron chi connectivity index (χ0n) is 10.7. The first kappa shape index (κ1) is 16.7. The standard InChI is InChI=1S/C11H23F3N2O/c1-4-5-16(7-11(12,13)14)9(6-17)10(15)8(2)3/h8-10,17H,4-7,15H2,1-3H3. The van der Waals surface area contributed by atoms with E-state index in [4.69, 9.17) is 5.73 Å². The number of halogens is 3. The largest absolute Gasteiger partial charge is 0.401 e. The molecule has 3 nitrogen and oxygen atoms in total. The topological polar surface area (TPSA) is 49.5 Å². The molecule has 2 unspecified atom stereocenters. The molecule has 2 atom stereocenters. The average molecular weight is 256 g/mol. The molecule has 104 valence electrons. The van der Waals surface area contributed by atoms with Crippen molar-refractivity contribution in [2.45, 2.75) is 45.5 Å². The Balaban J connectivity index is 4.74. The molecule has 17 heavy (non-hydrogen) atoms. The molecule has 0 fully saturated rings. The van der Waals surface area contributed by atoms with Gasteiger partial charge < -0.3 is 10.8 Å². The lowest BCUT2D eigenvalue weighted by Crippen LogP contribution is -2.54. The van der Waals surface area contributed by atoms with Crippen LogP contribution in [0, 0.1) is 5.92 Å². The first-order chi connectivity index (χ1) is 7.72. The quantitative estimate of drug-likeness (QED) is 0.727. The third-order valence-electron chi connectivity index (χ3n) is 2.76. The van der Waals surface area contributed by atoms with Crippen LogP contribution < -0.4 is 5.73 Å². The minimum absolute atomic E-state index is 0.0275. The molecule has 0 amide bonds. The van der Waals surface area contributed by atoms with E-state index in [1.807, 2.05) is 13.8 Å². The molecular weight excluding hydrogens is 233 g/mol. The molecule has 0 saturated heterocycles. The Bertz CT molecular complexity index is 209. The lowest BCUT2D eigenvalue weighted by molar-refractivity contribution is -0.154. The fourth-order valence-electron chi connectivity index (χ4n) is 1.80. The van der Waals surface area contributed by atoms with Gasteiger partial charge in [-0.1, -0.05) is 20.8 Å². The number of hydrogen-bond donors (Lipinski definition) is 2. The fourth-order valence-corrected chi connectivity index (χ4v) is 1.80. The second-order valence-corrected chi connectivity index (χ2v) is 4.66. The van der Waals surface area contributed by atoms with E-state index in [-0.39, 0.29) is 19.1 Å². The normalized spacial score (nSPS) is 16.6. The Labute approximate surface area is 101 Å². The van der Waals surface area contributed by atoms with Crippen LogP contribution in [0.25, 0.3) is 0 Å². The lowest BCUT2D eigenvalue weighted by Gasteiger charge is -2.36. The van der Waals surface area contributed by atoms with Crippen molar-refractivity contribution in [3.05, 3.63) is 0 Å². The predicted molar refractivity (Wildman–Crippen MR) is 61.6 cm³/mol. The number of aliphatic hydroxyl groups excluding tert-OH is 1. The summed E-state index contributed by atoms with van der Waals surface area (Å²) in [6, 6.07) is -1.11. The van der Waals surface area contributed by atoms with Crippen molar-refractivity contribution in [3.8, 4) is 0 Å². The van der Waals surface area contributed by atoms with Crippen LogP contribution in [0.3, 0.4) is 0 Å². The van der Waals surface area contributed by atoms with Crippen LogP contribution in [0.4, 0.5) is 13.2 Å². The average Bonchev–Trinajstić information content (AvgIpc) is 2.16. The lowest BCUT2D eigenvalue weighted by atomic mass is 9.96. The van der Waals surface area contributed by atoms with Crippen molar-refractivity contribution < 1.29 is 18.3 Å². The summed E-state index contributed by atoms with van der Waals surface area (Å²) in [6.45, 7) is 4.39. The number of rotatable bonds is 7. The second-order valence-electron chi connectivity index (χ2n) is 4.66. The Morgan fingerprint density at radius 3 is 2.12 bits per heavy atom. The van der Waals surface area contributed by atoms with Crippen LogP contribution in [0.15, 0.2) is 0 Å². The molecule has 0 heterocycles. The summed E-state index contributed by atoms with van der Waals surface area (Å²) in [5.41, 5.74) is 5.85. The number of nitrogens with zero attached hydrogens (tertiary/aromatic N) is 1. The van der Waals surface area contributed by atoms with Crippen LogP contribution in [0.5, 0.6) is 0 Å². The van der Waals surface area contributed by atoms with E-state index in [1.54, 1.807) is 6.92 Å². The van der Waals surface area contributed by atoms with Gasteiger partial charge in [-0.05, 0) is 18.9 Å². The van der Waals surface area contributed by atoms with Gasteiger partial charge in [0.25, 0.3) is 0 Å². The Morgan fingerprint density at radius 2 is 1.82 bits per heavy atom. The van der Waals surface area contributed by atoms with Gasteiger partial charge in [-0.2, -0.15) is 13.2 Å². The van der Waals surface area contributed by atoms with Gasteiger partial charge in [0.2, 0.25) is 0 Å². The van der Waals surface area contributed by atoms with Crippen LogP contribution in [0.2, 0.25) is 0 Å². The van der Waals surface area contributed by atoms with E-state index in [9.17, 15) is 18.3 Å². The monoisotopic (exact) mass is 256 g/mol. The van der Waals surface area contributed by atoms with Gasteiger partial charge in [-0.15, -0.1) is 0 Å². The van der Waals surface area contributed by atoms with Crippen LogP contribution in [-0.2, 0) is 0 Å². The minimum Gasteiger partial charge on any atom is -0.395 e. The molecule has 0 spiro atoms. The van der Waals surface area contributed by atoms with Gasteiger partial charge in [-0.25, -0.2) is 0 Å². The van der Waals surface area contributed by atoms with Gasteiger partial charge in [0.05, 0.1) is 13.2 Å². The van der Waals surface area contributed by atoms with Crippen molar-refractivity contribution >= 4 is 0 Å². The van der Waals surface area contributed by atoms with Crippen LogP contribution >= 0.6 is 0 Å². The van der Waals surface area contributed by atoms with Gasteiger partial charge in [0.15, 0.2) is 0 Å². The van der Waals surface area contributed by atoms with Crippen molar-refractivity contribution in [3.63, 3.8) is 0 Å². The Hall–Kier alpha value is -0.330. The minimum atomic E-state index is -4.26. The maximum atomic E-state index is 12.4. The number of alkyl halides is 3. The van der Waals surface area contributed by atoms with Gasteiger partial charge >= 0.3 is 6.18 Å². The number of hydrogen-bond acceptors (Lipinski definition) is 3. The zero-order chi connectivity index (χ0) is 13.6. The first-order valence-corrected chi connectivity index (χ1v) is 5.90. The summed E-state index contributed by atoms with van der Waals surface area (Å²) < 4.78 is 37.3. The van der Waals surface area contributed by atoms with Crippen molar-refractivity contribution in [2.24, 2.45) is 11.7 Å². The summed E-state index contributed by atoms with van der Waals surface area (Å²) in [6.07, 6.45) is -3.67. The van der Waals surface area contributed by atoms with E-state index in [0.717, 1.165) is 0 Å². The summed E-state index contributed by atoms with van der Waals surface area (Å²) >= 11 is 0. The zero-order valence-corrected chi connectivity index (χ0v) is 10.7. The molecule has 6 heteroatoms. The first-order valence-electron chi connectivity index (χ1n) is 5.90. The van der Waals surface area contributed by atoms with E-state index in [0.29, 0.717) is 6.42 Å². The molecule has 0 rings (SSSR count). The Morgan fingerprint density at radius 1 is 1.29 bits per heavy atom. The maximum absolute atomic E-state index is 12.4.